The van der Waals surface area contributed by atoms with Crippen molar-refractivity contribution in [3.05, 3.63) is 53.8 Å². The molecule has 1 aliphatic carbocycles. The summed E-state index contributed by atoms with van der Waals surface area (Å²) in [6.45, 7) is 5.15. The molecule has 29 heavy (non-hydrogen) atoms. The highest BCUT2D eigenvalue weighted by Gasteiger charge is 2.25. The summed E-state index contributed by atoms with van der Waals surface area (Å²) < 4.78 is 15.4. The van der Waals surface area contributed by atoms with E-state index in [0.29, 0.717) is 11.3 Å². The Bertz CT molecular complexity index is 860. The van der Waals surface area contributed by atoms with Crippen LogP contribution < -0.4 is 10.1 Å². The number of carbonyl (C=O) groups excluding carboxylic acids is 4. The Labute approximate surface area is 168 Å². The first kappa shape index (κ1) is 21.9. The van der Waals surface area contributed by atoms with Crippen LogP contribution in [0.5, 0.6) is 5.75 Å². The Hall–Kier alpha value is -3.42. The van der Waals surface area contributed by atoms with Crippen molar-refractivity contribution in [1.82, 2.24) is 5.32 Å². The quantitative estimate of drug-likeness (QED) is 0.575. The van der Waals surface area contributed by atoms with E-state index in [-0.39, 0.29) is 18.0 Å². The minimum Gasteiger partial charge on any atom is -0.467 e. The molecule has 1 aromatic rings. The van der Waals surface area contributed by atoms with Gasteiger partial charge in [-0.2, -0.15) is 0 Å². The second-order valence-corrected chi connectivity index (χ2v) is 7.28. The van der Waals surface area contributed by atoms with E-state index in [2.05, 4.69) is 5.32 Å². The molecule has 154 valence electrons. The van der Waals surface area contributed by atoms with E-state index in [1.807, 2.05) is 0 Å². The zero-order chi connectivity index (χ0) is 21.6. The van der Waals surface area contributed by atoms with Crippen LogP contribution in [0.3, 0.4) is 0 Å². The van der Waals surface area contributed by atoms with Gasteiger partial charge in [-0.05, 0) is 50.6 Å². The molecule has 0 radical (unpaired) electrons. The van der Waals surface area contributed by atoms with Gasteiger partial charge < -0.3 is 19.5 Å². The van der Waals surface area contributed by atoms with E-state index >= 15 is 0 Å². The minimum absolute atomic E-state index is 0.0655. The van der Waals surface area contributed by atoms with E-state index in [1.165, 1.54) is 13.2 Å². The number of benzene rings is 1. The molecule has 0 aliphatic heterocycles. The first-order valence-electron chi connectivity index (χ1n) is 8.89. The number of nitrogens with one attached hydrogen (secondary N) is 1. The minimum atomic E-state index is -0.938. The predicted molar refractivity (Wildman–Crippen MR) is 103 cm³/mol. The molecule has 1 amide bonds. The fraction of sp³-hybridized carbons (Fsp3) is 0.333. The van der Waals surface area contributed by atoms with Crippen molar-refractivity contribution in [3.8, 4) is 5.75 Å². The topological polar surface area (TPSA) is 108 Å². The van der Waals surface area contributed by atoms with Gasteiger partial charge in [0.15, 0.2) is 11.5 Å². The van der Waals surface area contributed by atoms with Crippen molar-refractivity contribution >= 4 is 23.6 Å². The summed E-state index contributed by atoms with van der Waals surface area (Å²) in [5.41, 5.74) is 0.00896. The van der Waals surface area contributed by atoms with Gasteiger partial charge in [-0.15, -0.1) is 0 Å². The van der Waals surface area contributed by atoms with Crippen LogP contribution in [0, 0.1) is 0 Å². The number of methoxy groups -OCH3 is 1. The highest BCUT2D eigenvalue weighted by molar-refractivity contribution is 6.16. The van der Waals surface area contributed by atoms with Crippen LogP contribution in [0.1, 0.15) is 26.3 Å². The van der Waals surface area contributed by atoms with E-state index < -0.39 is 29.5 Å². The molecule has 8 heteroatoms. The van der Waals surface area contributed by atoms with Crippen LogP contribution in [-0.4, -0.2) is 42.4 Å². The van der Waals surface area contributed by atoms with Gasteiger partial charge in [0.1, 0.15) is 17.4 Å². The standard InChI is InChI=1S/C21H23NO7/c1-21(2,3)29-20(26)22-16(19(25)27-4)11-13-5-8-15(9-6-13)28-18-12-14(23)7-10-17(18)24/h5-10,12,16H,11H2,1-4H3,(H,22,26)/t16-/m0/s1. The number of hydrogen-bond acceptors (Lipinski definition) is 7. The summed E-state index contributed by atoms with van der Waals surface area (Å²) in [5, 5.41) is 2.50. The molecule has 0 saturated heterocycles. The molecule has 1 aromatic carbocycles. The van der Waals surface area contributed by atoms with Crippen molar-refractivity contribution in [2.45, 2.75) is 38.8 Å². The molecule has 0 saturated carbocycles. The first-order valence-corrected chi connectivity index (χ1v) is 8.89. The predicted octanol–water partition coefficient (Wildman–Crippen LogP) is 2.27. The van der Waals surface area contributed by atoms with Crippen LogP contribution in [0.4, 0.5) is 4.79 Å². The van der Waals surface area contributed by atoms with Crippen molar-refractivity contribution < 1.29 is 33.4 Å². The summed E-state index contributed by atoms with van der Waals surface area (Å²) in [6.07, 6.45) is 2.87. The van der Waals surface area contributed by atoms with Gasteiger partial charge in [0.2, 0.25) is 5.78 Å². The molecule has 0 unspecified atom stereocenters. The number of amides is 1. The maximum Gasteiger partial charge on any atom is 0.408 e. The van der Waals surface area contributed by atoms with Gasteiger partial charge in [0.05, 0.1) is 7.11 Å². The number of carbonyl (C=O) groups is 4. The molecule has 1 aliphatic rings. The molecular formula is C21H23NO7. The highest BCUT2D eigenvalue weighted by Crippen LogP contribution is 2.18. The zero-order valence-corrected chi connectivity index (χ0v) is 16.7. The van der Waals surface area contributed by atoms with Gasteiger partial charge in [-0.25, -0.2) is 9.59 Å². The molecule has 0 spiro atoms. The number of allylic oxidation sites excluding steroid dienone is 3. The molecule has 8 nitrogen and oxygen atoms in total. The summed E-state index contributed by atoms with van der Waals surface area (Å²) in [4.78, 5) is 47.1. The fourth-order valence-corrected chi connectivity index (χ4v) is 2.41. The lowest BCUT2D eigenvalue weighted by molar-refractivity contribution is -0.143. The van der Waals surface area contributed by atoms with E-state index in [4.69, 9.17) is 14.2 Å². The Kier molecular flexibility index (Phi) is 6.93. The van der Waals surface area contributed by atoms with Crippen LogP contribution in [0.15, 0.2) is 48.3 Å². The number of esters is 1. The smallest absolute Gasteiger partial charge is 0.408 e. The maximum atomic E-state index is 12.0. The number of hydrogen-bond donors (Lipinski definition) is 1. The maximum absolute atomic E-state index is 12.0. The normalized spacial score (nSPS) is 14.7. The number of ketones is 2. The van der Waals surface area contributed by atoms with Gasteiger partial charge >= 0.3 is 12.1 Å². The molecule has 1 N–H and O–H groups in total. The third-order valence-electron chi connectivity index (χ3n) is 3.68. The molecule has 0 fully saturated rings. The second-order valence-electron chi connectivity index (χ2n) is 7.28. The Morgan fingerprint density at radius 3 is 2.31 bits per heavy atom. The molecule has 2 rings (SSSR count). The van der Waals surface area contributed by atoms with Crippen molar-refractivity contribution in [2.75, 3.05) is 7.11 Å². The van der Waals surface area contributed by atoms with Crippen molar-refractivity contribution in [1.29, 1.82) is 0 Å². The van der Waals surface area contributed by atoms with Crippen molar-refractivity contribution in [2.24, 2.45) is 0 Å². The lowest BCUT2D eigenvalue weighted by atomic mass is 10.1. The molecule has 0 aromatic heterocycles. The zero-order valence-electron chi connectivity index (χ0n) is 16.7. The van der Waals surface area contributed by atoms with Gasteiger partial charge in [0.25, 0.3) is 0 Å². The number of alkyl carbamates (subject to hydrolysis) is 1. The van der Waals surface area contributed by atoms with Gasteiger partial charge in [0, 0.05) is 12.5 Å². The average molecular weight is 401 g/mol. The first-order chi connectivity index (χ1) is 13.6. The van der Waals surface area contributed by atoms with Gasteiger partial charge in [-0.3, -0.25) is 9.59 Å². The second kappa shape index (κ2) is 9.18. The van der Waals surface area contributed by atoms with Crippen LogP contribution in [0.25, 0.3) is 0 Å². The summed E-state index contributed by atoms with van der Waals surface area (Å²) in [7, 11) is 1.23. The summed E-state index contributed by atoms with van der Waals surface area (Å²) in [5.74, 6) is -1.05. The average Bonchev–Trinajstić information content (AvgIpc) is 2.63. The van der Waals surface area contributed by atoms with Gasteiger partial charge in [-0.1, -0.05) is 12.1 Å². The highest BCUT2D eigenvalue weighted by atomic mass is 16.6. The SMILES string of the molecule is COC(=O)[C@H](Cc1ccc(OC2=CC(=O)C=CC2=O)cc1)NC(=O)OC(C)(C)C. The third kappa shape index (κ3) is 6.91. The van der Waals surface area contributed by atoms with E-state index in [1.54, 1.807) is 45.0 Å². The molecular weight excluding hydrogens is 378 g/mol. The summed E-state index contributed by atoms with van der Waals surface area (Å²) in [6, 6.07) is 5.59. The molecule has 0 heterocycles. The lowest BCUT2D eigenvalue weighted by Crippen LogP contribution is -2.45. The van der Waals surface area contributed by atoms with Crippen LogP contribution in [-0.2, 0) is 30.3 Å². The Morgan fingerprint density at radius 1 is 1.07 bits per heavy atom. The largest absolute Gasteiger partial charge is 0.467 e. The fourth-order valence-electron chi connectivity index (χ4n) is 2.41. The molecule has 1 atom stereocenters. The molecule has 0 bridgehead atoms. The van der Waals surface area contributed by atoms with Crippen molar-refractivity contribution in [3.63, 3.8) is 0 Å². The monoisotopic (exact) mass is 401 g/mol. The van der Waals surface area contributed by atoms with E-state index in [9.17, 15) is 19.2 Å². The lowest BCUT2D eigenvalue weighted by Gasteiger charge is -2.22. The summed E-state index contributed by atoms with van der Waals surface area (Å²) >= 11 is 0. The number of rotatable bonds is 6. The van der Waals surface area contributed by atoms with Crippen LogP contribution >= 0.6 is 0 Å². The van der Waals surface area contributed by atoms with E-state index in [0.717, 1.165) is 12.2 Å². The Morgan fingerprint density at radius 2 is 1.72 bits per heavy atom. The number of ether oxygens (including phenoxy) is 3. The van der Waals surface area contributed by atoms with Crippen LogP contribution in [0.2, 0.25) is 0 Å². The third-order valence-corrected chi connectivity index (χ3v) is 3.68. The Balaban J connectivity index is 2.04.